The predicted molar refractivity (Wildman–Crippen MR) is 138 cm³/mol. The smallest absolute Gasteiger partial charge is 0.164 e. The van der Waals surface area contributed by atoms with Gasteiger partial charge in [0.1, 0.15) is 8.07 Å². The molecule has 0 N–H and O–H groups in total. The number of hydrogen-bond acceptors (Lipinski definition) is 3. The van der Waals surface area contributed by atoms with E-state index in [1.54, 1.807) is 0 Å². The van der Waals surface area contributed by atoms with Crippen LogP contribution in [0.4, 0.5) is 0 Å². The van der Waals surface area contributed by atoms with E-state index in [2.05, 4.69) is 79.8 Å². The second kappa shape index (κ2) is 7.61. The highest BCUT2D eigenvalue weighted by Gasteiger charge is 2.38. The van der Waals surface area contributed by atoms with Crippen LogP contribution in [0.2, 0.25) is 13.1 Å². The van der Waals surface area contributed by atoms with Crippen molar-refractivity contribution in [2.45, 2.75) is 13.1 Å². The molecule has 6 rings (SSSR count). The molecule has 3 nitrogen and oxygen atoms in total. The normalized spacial score (nSPS) is 13.4. The Labute approximate surface area is 194 Å². The summed E-state index contributed by atoms with van der Waals surface area (Å²) < 4.78 is 0. The molecule has 5 aromatic rings. The second-order valence-electron chi connectivity index (χ2n) is 8.94. The summed E-state index contributed by atoms with van der Waals surface area (Å²) in [5.41, 5.74) is 5.66. The Morgan fingerprint density at radius 1 is 0.455 bits per heavy atom. The minimum absolute atomic E-state index is 0.694. The summed E-state index contributed by atoms with van der Waals surface area (Å²) in [6.07, 6.45) is 0. The van der Waals surface area contributed by atoms with Crippen molar-refractivity contribution >= 4 is 18.4 Å². The van der Waals surface area contributed by atoms with E-state index in [0.717, 1.165) is 22.5 Å². The molecule has 0 fully saturated rings. The van der Waals surface area contributed by atoms with Crippen LogP contribution in [0.5, 0.6) is 0 Å². The van der Waals surface area contributed by atoms with Gasteiger partial charge in [0.2, 0.25) is 0 Å². The van der Waals surface area contributed by atoms with Crippen LogP contribution in [-0.4, -0.2) is 23.0 Å². The molecule has 0 unspecified atom stereocenters. The largest absolute Gasteiger partial charge is 0.208 e. The van der Waals surface area contributed by atoms with Gasteiger partial charge in [0.25, 0.3) is 0 Å². The minimum Gasteiger partial charge on any atom is -0.208 e. The van der Waals surface area contributed by atoms with Crippen LogP contribution in [0.1, 0.15) is 0 Å². The number of fused-ring (bicyclic) bond motifs is 3. The highest BCUT2D eigenvalue weighted by Crippen LogP contribution is 2.36. The molecule has 0 atom stereocenters. The van der Waals surface area contributed by atoms with E-state index in [-0.39, 0.29) is 0 Å². The van der Waals surface area contributed by atoms with E-state index in [1.165, 1.54) is 21.5 Å². The Morgan fingerprint density at radius 2 is 0.939 bits per heavy atom. The molecular weight excluding hydrogens is 418 g/mol. The fraction of sp³-hybridized carbons (Fsp3) is 0.0690. The Hall–Kier alpha value is -3.89. The lowest BCUT2D eigenvalue weighted by atomic mass is 9.99. The molecule has 0 bridgehead atoms. The summed E-state index contributed by atoms with van der Waals surface area (Å²) in [7, 11) is -1.77. The molecular formula is C29H23N3Si. The van der Waals surface area contributed by atoms with Crippen molar-refractivity contribution in [1.82, 2.24) is 15.0 Å². The van der Waals surface area contributed by atoms with Gasteiger partial charge in [-0.15, -0.1) is 0 Å². The Morgan fingerprint density at radius 3 is 1.58 bits per heavy atom. The Kier molecular flexibility index (Phi) is 4.56. The number of benzene rings is 4. The summed E-state index contributed by atoms with van der Waals surface area (Å²) in [5, 5.41) is 2.93. The average Bonchev–Trinajstić information content (AvgIpc) is 3.12. The van der Waals surface area contributed by atoms with Crippen LogP contribution in [0.15, 0.2) is 103 Å². The number of aromatic nitrogens is 3. The molecule has 0 saturated heterocycles. The van der Waals surface area contributed by atoms with E-state index in [9.17, 15) is 0 Å². The van der Waals surface area contributed by atoms with E-state index < -0.39 is 8.07 Å². The molecule has 0 saturated carbocycles. The average molecular weight is 442 g/mol. The summed E-state index contributed by atoms with van der Waals surface area (Å²) in [5.74, 6) is 2.11. The van der Waals surface area contributed by atoms with Crippen LogP contribution in [-0.2, 0) is 0 Å². The molecule has 0 aliphatic carbocycles. The van der Waals surface area contributed by atoms with Gasteiger partial charge in [0.15, 0.2) is 17.5 Å². The van der Waals surface area contributed by atoms with Crippen molar-refractivity contribution in [1.29, 1.82) is 0 Å². The van der Waals surface area contributed by atoms with Crippen molar-refractivity contribution in [3.8, 4) is 45.3 Å². The zero-order chi connectivity index (χ0) is 22.4. The lowest BCUT2D eigenvalue weighted by Crippen LogP contribution is -2.49. The first-order chi connectivity index (χ1) is 16.1. The molecule has 1 aromatic heterocycles. The maximum atomic E-state index is 4.99. The fourth-order valence-electron chi connectivity index (χ4n) is 4.87. The van der Waals surface area contributed by atoms with Crippen molar-refractivity contribution in [3.63, 3.8) is 0 Å². The van der Waals surface area contributed by atoms with Crippen molar-refractivity contribution in [2.24, 2.45) is 0 Å². The highest BCUT2D eigenvalue weighted by atomic mass is 28.3. The third-order valence-electron chi connectivity index (χ3n) is 6.55. The summed E-state index contributed by atoms with van der Waals surface area (Å²) in [6, 6.07) is 35.7. The van der Waals surface area contributed by atoms with Crippen molar-refractivity contribution in [2.75, 3.05) is 0 Å². The molecule has 0 amide bonds. The van der Waals surface area contributed by atoms with Crippen molar-refractivity contribution < 1.29 is 0 Å². The van der Waals surface area contributed by atoms with E-state index in [4.69, 9.17) is 15.0 Å². The van der Waals surface area contributed by atoms with E-state index >= 15 is 0 Å². The van der Waals surface area contributed by atoms with Crippen LogP contribution >= 0.6 is 0 Å². The molecule has 0 radical (unpaired) electrons. The second-order valence-corrected chi connectivity index (χ2v) is 13.3. The number of rotatable bonds is 3. The van der Waals surface area contributed by atoms with Crippen LogP contribution in [0, 0.1) is 0 Å². The maximum absolute atomic E-state index is 4.99. The quantitative estimate of drug-likeness (QED) is 0.338. The Balaban J connectivity index is 1.63. The third kappa shape index (κ3) is 3.22. The Bertz CT molecular complexity index is 1420. The first kappa shape index (κ1) is 19.8. The summed E-state index contributed by atoms with van der Waals surface area (Å²) in [4.78, 5) is 14.8. The lowest BCUT2D eigenvalue weighted by molar-refractivity contribution is 1.07. The maximum Gasteiger partial charge on any atom is 0.164 e. The standard InChI is InChI=1S/C29H23N3Si/c1-33(2)24-18-10-9-16-22(24)26-23(17-11-19-25(26)33)29-31-27(20-12-5-3-6-13-20)30-28(32-29)21-14-7-4-8-15-21/h3-19H,1-2H3. The monoisotopic (exact) mass is 441 g/mol. The fourth-order valence-corrected chi connectivity index (χ4v) is 7.96. The van der Waals surface area contributed by atoms with E-state index in [1.807, 2.05) is 36.4 Å². The molecule has 1 aliphatic rings. The summed E-state index contributed by atoms with van der Waals surface area (Å²) >= 11 is 0. The van der Waals surface area contributed by atoms with Gasteiger partial charge in [-0.25, -0.2) is 15.0 Å². The molecule has 2 heterocycles. The van der Waals surface area contributed by atoms with Gasteiger partial charge in [-0.05, 0) is 21.5 Å². The van der Waals surface area contributed by atoms with Crippen LogP contribution < -0.4 is 10.4 Å². The zero-order valence-corrected chi connectivity index (χ0v) is 19.7. The topological polar surface area (TPSA) is 38.7 Å². The van der Waals surface area contributed by atoms with E-state index in [0.29, 0.717) is 11.6 Å². The van der Waals surface area contributed by atoms with Gasteiger partial charge in [-0.1, -0.05) is 116 Å². The molecule has 158 valence electrons. The van der Waals surface area contributed by atoms with Gasteiger partial charge in [-0.2, -0.15) is 0 Å². The van der Waals surface area contributed by atoms with Gasteiger partial charge < -0.3 is 0 Å². The molecule has 33 heavy (non-hydrogen) atoms. The first-order valence-electron chi connectivity index (χ1n) is 11.2. The minimum atomic E-state index is -1.77. The van der Waals surface area contributed by atoms with Crippen LogP contribution in [0.3, 0.4) is 0 Å². The van der Waals surface area contributed by atoms with Gasteiger partial charge in [0, 0.05) is 16.7 Å². The van der Waals surface area contributed by atoms with Gasteiger partial charge in [-0.3, -0.25) is 0 Å². The predicted octanol–water partition coefficient (Wildman–Crippen LogP) is 5.68. The van der Waals surface area contributed by atoms with Crippen molar-refractivity contribution in [3.05, 3.63) is 103 Å². The molecule has 4 heteroatoms. The summed E-state index contributed by atoms with van der Waals surface area (Å²) in [6.45, 7) is 4.86. The SMILES string of the molecule is C[Si]1(C)c2ccccc2-c2c(-c3nc(-c4ccccc4)nc(-c4ccccc4)n3)cccc21. The third-order valence-corrected chi connectivity index (χ3v) is 10.1. The first-order valence-corrected chi connectivity index (χ1v) is 14.2. The van der Waals surface area contributed by atoms with Gasteiger partial charge in [0.05, 0.1) is 0 Å². The molecule has 1 aliphatic heterocycles. The lowest BCUT2D eigenvalue weighted by Gasteiger charge is -2.18. The zero-order valence-electron chi connectivity index (χ0n) is 18.7. The highest BCUT2D eigenvalue weighted by molar-refractivity contribution is 7.04. The molecule has 0 spiro atoms. The van der Waals surface area contributed by atoms with Crippen LogP contribution in [0.25, 0.3) is 45.3 Å². The van der Waals surface area contributed by atoms with Gasteiger partial charge >= 0.3 is 0 Å². The number of nitrogens with zero attached hydrogens (tertiary/aromatic N) is 3. The number of hydrogen-bond donors (Lipinski definition) is 0. The molecule has 4 aromatic carbocycles.